The number of imidazole rings is 1. The van der Waals surface area contributed by atoms with Gasteiger partial charge in [-0.2, -0.15) is 0 Å². The van der Waals surface area contributed by atoms with E-state index in [0.29, 0.717) is 0 Å². The van der Waals surface area contributed by atoms with Gasteiger partial charge in [-0.1, -0.05) is 6.07 Å². The molecule has 1 saturated heterocycles. The number of hydrogen-bond donors (Lipinski definition) is 1. The molecule has 35 heavy (non-hydrogen) atoms. The number of halogens is 3. The molecule has 7 nitrogen and oxygen atoms in total. The van der Waals surface area contributed by atoms with E-state index in [0.717, 1.165) is 51.9 Å². The number of aromatic hydroxyl groups is 1. The molecule has 1 aliphatic heterocycles. The first kappa shape index (κ1) is 22.8. The second-order valence-electron chi connectivity index (χ2n) is 8.49. The van der Waals surface area contributed by atoms with E-state index in [2.05, 4.69) is 26.8 Å². The minimum Gasteiger partial charge on any atom is -0.493 e. The fraction of sp³-hybridized carbons (Fsp3) is 0.280. The smallest absolute Gasteiger partial charge is 0.493 e. The van der Waals surface area contributed by atoms with Gasteiger partial charge in [0, 0.05) is 30.4 Å². The van der Waals surface area contributed by atoms with Crippen molar-refractivity contribution in [2.24, 2.45) is 0 Å². The van der Waals surface area contributed by atoms with Gasteiger partial charge in [-0.3, -0.25) is 9.55 Å². The van der Waals surface area contributed by atoms with Crippen LogP contribution in [0.3, 0.4) is 0 Å². The van der Waals surface area contributed by atoms with Crippen LogP contribution in [0.5, 0.6) is 11.6 Å². The maximum atomic E-state index is 13.0. The van der Waals surface area contributed by atoms with Crippen LogP contribution < -0.4 is 15.3 Å². The van der Waals surface area contributed by atoms with E-state index >= 15 is 0 Å². The Labute approximate surface area is 198 Å². The lowest BCUT2D eigenvalue weighted by Gasteiger charge is -2.29. The molecule has 2 aromatic carbocycles. The summed E-state index contributed by atoms with van der Waals surface area (Å²) in [6.45, 7) is 2.24. The number of nitrogens with zero attached hydrogens (tertiary/aromatic N) is 4. The van der Waals surface area contributed by atoms with Crippen molar-refractivity contribution in [1.29, 1.82) is 0 Å². The molecule has 3 heterocycles. The van der Waals surface area contributed by atoms with Gasteiger partial charge in [-0.25, -0.2) is 9.36 Å². The van der Waals surface area contributed by atoms with Gasteiger partial charge in [0.25, 0.3) is 0 Å². The first-order valence-corrected chi connectivity index (χ1v) is 11.3. The predicted molar refractivity (Wildman–Crippen MR) is 125 cm³/mol. The second kappa shape index (κ2) is 9.01. The molecule has 0 spiro atoms. The largest absolute Gasteiger partial charge is 0.573 e. The predicted octanol–water partition coefficient (Wildman–Crippen LogP) is 4.83. The Morgan fingerprint density at radius 2 is 1.69 bits per heavy atom. The Balaban J connectivity index is 1.42. The molecule has 0 aliphatic carbocycles. The van der Waals surface area contributed by atoms with E-state index in [1.165, 1.54) is 42.2 Å². The van der Waals surface area contributed by atoms with Gasteiger partial charge in [0.2, 0.25) is 5.88 Å². The van der Waals surface area contributed by atoms with Crippen molar-refractivity contribution in [2.75, 3.05) is 18.0 Å². The summed E-state index contributed by atoms with van der Waals surface area (Å²) >= 11 is 0. The van der Waals surface area contributed by atoms with Crippen molar-refractivity contribution in [1.82, 2.24) is 14.1 Å². The molecule has 1 fully saturated rings. The van der Waals surface area contributed by atoms with Crippen molar-refractivity contribution in [3.63, 3.8) is 0 Å². The lowest BCUT2D eigenvalue weighted by Crippen LogP contribution is -2.29. The SMILES string of the molecule is O=c1n(Cc2ccnc3cc(N4CCCCC4)ccc23)cc(O)n1-c1ccc(OC(F)(F)F)cc1. The van der Waals surface area contributed by atoms with Crippen LogP contribution in [0.1, 0.15) is 24.8 Å². The molecule has 10 heteroatoms. The molecule has 4 aromatic rings. The van der Waals surface area contributed by atoms with Gasteiger partial charge in [0.05, 0.1) is 23.9 Å². The summed E-state index contributed by atoms with van der Waals surface area (Å²) < 4.78 is 43.4. The zero-order valence-electron chi connectivity index (χ0n) is 18.7. The van der Waals surface area contributed by atoms with Gasteiger partial charge in [0.1, 0.15) is 5.75 Å². The number of fused-ring (bicyclic) bond motifs is 1. The molecular weight excluding hydrogens is 461 g/mol. The number of anilines is 1. The molecule has 0 unspecified atom stereocenters. The second-order valence-corrected chi connectivity index (χ2v) is 8.49. The summed E-state index contributed by atoms with van der Waals surface area (Å²) in [5, 5.41) is 11.3. The molecule has 0 amide bonds. The van der Waals surface area contributed by atoms with Crippen molar-refractivity contribution in [3.05, 3.63) is 77.0 Å². The number of piperidine rings is 1. The zero-order valence-corrected chi connectivity index (χ0v) is 18.7. The average molecular weight is 484 g/mol. The molecule has 2 aromatic heterocycles. The Kier molecular flexibility index (Phi) is 5.88. The number of hydrogen-bond acceptors (Lipinski definition) is 5. The van der Waals surface area contributed by atoms with Crippen LogP contribution in [0.15, 0.2) is 65.7 Å². The van der Waals surface area contributed by atoms with Gasteiger partial charge in [-0.15, -0.1) is 13.2 Å². The van der Waals surface area contributed by atoms with E-state index < -0.39 is 17.8 Å². The van der Waals surface area contributed by atoms with Crippen LogP contribution in [0.4, 0.5) is 18.9 Å². The number of ether oxygens (including phenoxy) is 1. The third-order valence-corrected chi connectivity index (χ3v) is 6.14. The Morgan fingerprint density at radius 1 is 0.971 bits per heavy atom. The van der Waals surface area contributed by atoms with E-state index in [1.54, 1.807) is 6.20 Å². The molecule has 0 atom stereocenters. The maximum Gasteiger partial charge on any atom is 0.573 e. The molecule has 0 saturated carbocycles. The van der Waals surface area contributed by atoms with Crippen molar-refractivity contribution in [3.8, 4) is 17.3 Å². The third-order valence-electron chi connectivity index (χ3n) is 6.14. The highest BCUT2D eigenvalue weighted by Gasteiger charge is 2.31. The Hall–Kier alpha value is -3.95. The standard InChI is InChI=1S/C25H23F3N4O3/c26-25(27,28)35-20-7-4-18(5-8-20)32-23(33)16-31(24(32)34)15-17-10-11-29-22-14-19(6-9-21(17)22)30-12-2-1-3-13-30/h4-11,14,16,33H,1-3,12-13,15H2. The van der Waals surface area contributed by atoms with Crippen LogP contribution in [0.2, 0.25) is 0 Å². The average Bonchev–Trinajstić information content (AvgIpc) is 3.11. The molecule has 182 valence electrons. The summed E-state index contributed by atoms with van der Waals surface area (Å²) in [5.74, 6) is -0.745. The van der Waals surface area contributed by atoms with Crippen LogP contribution >= 0.6 is 0 Å². The molecular formula is C25H23F3N4O3. The topological polar surface area (TPSA) is 72.5 Å². The summed E-state index contributed by atoms with van der Waals surface area (Å²) in [4.78, 5) is 19.9. The minimum absolute atomic E-state index is 0.191. The summed E-state index contributed by atoms with van der Waals surface area (Å²) in [7, 11) is 0. The summed E-state index contributed by atoms with van der Waals surface area (Å²) in [5.41, 5.74) is 2.49. The first-order valence-electron chi connectivity index (χ1n) is 11.3. The van der Waals surface area contributed by atoms with Crippen molar-refractivity contribution in [2.45, 2.75) is 32.2 Å². The number of pyridine rings is 1. The quantitative estimate of drug-likeness (QED) is 0.439. The van der Waals surface area contributed by atoms with Crippen LogP contribution in [0, 0.1) is 0 Å². The van der Waals surface area contributed by atoms with Gasteiger partial charge in [0.15, 0.2) is 0 Å². The lowest BCUT2D eigenvalue weighted by atomic mass is 10.1. The number of alkyl halides is 3. The van der Waals surface area contributed by atoms with Gasteiger partial charge in [-0.05, 0) is 67.3 Å². The first-order chi connectivity index (χ1) is 16.8. The lowest BCUT2D eigenvalue weighted by molar-refractivity contribution is -0.274. The highest BCUT2D eigenvalue weighted by molar-refractivity contribution is 5.85. The Morgan fingerprint density at radius 3 is 2.40 bits per heavy atom. The van der Waals surface area contributed by atoms with Crippen molar-refractivity contribution < 1.29 is 23.0 Å². The van der Waals surface area contributed by atoms with E-state index in [1.807, 2.05) is 12.1 Å². The van der Waals surface area contributed by atoms with Crippen molar-refractivity contribution >= 4 is 16.6 Å². The maximum absolute atomic E-state index is 13.0. The highest BCUT2D eigenvalue weighted by atomic mass is 19.4. The molecule has 1 N–H and O–H groups in total. The fourth-order valence-electron chi connectivity index (χ4n) is 4.50. The van der Waals surface area contributed by atoms with Gasteiger partial charge < -0.3 is 14.7 Å². The summed E-state index contributed by atoms with van der Waals surface area (Å²) in [6.07, 6.45) is 1.78. The monoisotopic (exact) mass is 484 g/mol. The van der Waals surface area contributed by atoms with Crippen LogP contribution in [0.25, 0.3) is 16.6 Å². The summed E-state index contributed by atoms with van der Waals surface area (Å²) in [6, 6.07) is 12.7. The van der Waals surface area contributed by atoms with Gasteiger partial charge >= 0.3 is 12.1 Å². The number of benzene rings is 2. The normalized spacial score (nSPS) is 14.4. The van der Waals surface area contributed by atoms with Crippen LogP contribution in [-0.4, -0.2) is 38.7 Å². The van der Waals surface area contributed by atoms with E-state index in [4.69, 9.17) is 0 Å². The molecule has 0 bridgehead atoms. The molecule has 0 radical (unpaired) electrons. The third kappa shape index (κ3) is 4.82. The highest BCUT2D eigenvalue weighted by Crippen LogP contribution is 2.27. The number of aromatic nitrogens is 3. The van der Waals surface area contributed by atoms with Crippen LogP contribution in [-0.2, 0) is 6.54 Å². The van der Waals surface area contributed by atoms with E-state index in [9.17, 15) is 23.1 Å². The zero-order chi connectivity index (χ0) is 24.6. The van der Waals surface area contributed by atoms with E-state index in [-0.39, 0.29) is 18.1 Å². The molecule has 1 aliphatic rings. The minimum atomic E-state index is -4.81. The number of rotatable bonds is 5. The Bertz CT molecular complexity index is 1400. The fourth-order valence-corrected chi connectivity index (χ4v) is 4.50. The molecule has 5 rings (SSSR count).